The van der Waals surface area contributed by atoms with Gasteiger partial charge in [0.05, 0.1) is 13.1 Å². The van der Waals surface area contributed by atoms with Crippen LogP contribution in [0.25, 0.3) is 0 Å². The molecule has 0 aromatic rings. The van der Waals surface area contributed by atoms with E-state index in [-0.39, 0.29) is 12.2 Å². The van der Waals surface area contributed by atoms with E-state index in [2.05, 4.69) is 12.9 Å². The Balaban J connectivity index is 2.27. The zero-order chi connectivity index (χ0) is 10.1. The molecule has 4 nitrogen and oxygen atoms in total. The Morgan fingerprint density at radius 3 is 2.38 bits per heavy atom. The third kappa shape index (κ3) is 3.08. The summed E-state index contributed by atoms with van der Waals surface area (Å²) < 4.78 is 9.88. The van der Waals surface area contributed by atoms with Gasteiger partial charge >= 0.3 is 6.09 Å². The zero-order valence-corrected chi connectivity index (χ0v) is 9.01. The highest BCUT2D eigenvalue weighted by Gasteiger charge is 2.33. The Bertz CT molecular complexity index is 196. The molecule has 1 saturated heterocycles. The summed E-state index contributed by atoms with van der Waals surface area (Å²) in [5.41, 5.74) is -0.427. The predicted molar refractivity (Wildman–Crippen MR) is 51.7 cm³/mol. The first-order valence-corrected chi connectivity index (χ1v) is 4.57. The molecule has 1 amide bonds. The molecule has 5 heteroatoms. The van der Waals surface area contributed by atoms with E-state index >= 15 is 0 Å². The van der Waals surface area contributed by atoms with Crippen LogP contribution in [-0.4, -0.2) is 35.8 Å². The summed E-state index contributed by atoms with van der Waals surface area (Å²) in [6.45, 7) is 6.67. The second kappa shape index (κ2) is 3.75. The molecule has 76 valence electrons. The SMILES string of the molecule is CC(C)(C)OC(=O)N1CC(OS)C1. The van der Waals surface area contributed by atoms with E-state index in [1.54, 1.807) is 4.90 Å². The van der Waals surface area contributed by atoms with Gasteiger partial charge in [-0.25, -0.2) is 4.79 Å². The number of amides is 1. The van der Waals surface area contributed by atoms with E-state index in [0.717, 1.165) is 0 Å². The van der Waals surface area contributed by atoms with Gasteiger partial charge in [-0.15, -0.1) is 0 Å². The summed E-state index contributed by atoms with van der Waals surface area (Å²) in [7, 11) is 0. The maximum absolute atomic E-state index is 11.3. The van der Waals surface area contributed by atoms with Gasteiger partial charge in [-0.2, -0.15) is 0 Å². The Kier molecular flexibility index (Phi) is 3.08. The van der Waals surface area contributed by atoms with E-state index in [9.17, 15) is 4.79 Å². The number of rotatable bonds is 1. The van der Waals surface area contributed by atoms with Gasteiger partial charge in [0.2, 0.25) is 0 Å². The highest BCUT2D eigenvalue weighted by Crippen LogP contribution is 2.17. The highest BCUT2D eigenvalue weighted by molar-refractivity contribution is 7.75. The van der Waals surface area contributed by atoms with Gasteiger partial charge in [-0.1, -0.05) is 0 Å². The molecule has 13 heavy (non-hydrogen) atoms. The van der Waals surface area contributed by atoms with Crippen molar-refractivity contribution in [1.29, 1.82) is 0 Å². The van der Waals surface area contributed by atoms with Gasteiger partial charge < -0.3 is 13.8 Å². The summed E-state index contributed by atoms with van der Waals surface area (Å²) in [6.07, 6.45) is -0.231. The first-order chi connectivity index (χ1) is 5.92. The van der Waals surface area contributed by atoms with Crippen molar-refractivity contribution in [3.63, 3.8) is 0 Å². The van der Waals surface area contributed by atoms with Crippen LogP contribution in [0, 0.1) is 0 Å². The van der Waals surface area contributed by atoms with Gasteiger partial charge in [-0.05, 0) is 33.7 Å². The lowest BCUT2D eigenvalue weighted by atomic mass is 10.2. The third-order valence-electron chi connectivity index (χ3n) is 1.65. The van der Waals surface area contributed by atoms with E-state index < -0.39 is 5.60 Å². The Labute approximate surface area is 83.8 Å². The molecule has 0 N–H and O–H groups in total. The second-order valence-electron chi connectivity index (χ2n) is 4.11. The van der Waals surface area contributed by atoms with Crippen molar-refractivity contribution in [2.24, 2.45) is 0 Å². The maximum atomic E-state index is 11.3. The van der Waals surface area contributed by atoms with Gasteiger partial charge in [-0.3, -0.25) is 0 Å². The van der Waals surface area contributed by atoms with Crippen molar-refractivity contribution >= 4 is 19.0 Å². The number of ether oxygens (including phenoxy) is 1. The Morgan fingerprint density at radius 1 is 1.46 bits per heavy atom. The number of thiol groups is 1. The van der Waals surface area contributed by atoms with Crippen molar-refractivity contribution in [2.45, 2.75) is 32.5 Å². The van der Waals surface area contributed by atoms with Crippen LogP contribution in [0.4, 0.5) is 4.79 Å². The van der Waals surface area contributed by atoms with Gasteiger partial charge in [0.25, 0.3) is 0 Å². The first-order valence-electron chi connectivity index (χ1n) is 4.20. The first kappa shape index (κ1) is 10.7. The molecule has 1 heterocycles. The van der Waals surface area contributed by atoms with E-state index in [4.69, 9.17) is 8.92 Å². The summed E-state index contributed by atoms with van der Waals surface area (Å²) in [4.78, 5) is 12.9. The van der Waals surface area contributed by atoms with Gasteiger partial charge in [0, 0.05) is 0 Å². The average Bonchev–Trinajstić information content (AvgIpc) is 1.79. The number of likely N-dealkylation sites (tertiary alicyclic amines) is 1. The normalized spacial score (nSPS) is 18.3. The largest absolute Gasteiger partial charge is 0.444 e. The molecular weight excluding hydrogens is 190 g/mol. The van der Waals surface area contributed by atoms with Gasteiger partial charge in [0.1, 0.15) is 11.7 Å². The quantitative estimate of drug-likeness (QED) is 0.520. The van der Waals surface area contributed by atoms with Crippen LogP contribution in [0.5, 0.6) is 0 Å². The molecular formula is C8H15NO3S. The number of nitrogens with zero attached hydrogens (tertiary/aromatic N) is 1. The molecule has 1 aliphatic heterocycles. The second-order valence-corrected chi connectivity index (χ2v) is 4.32. The van der Waals surface area contributed by atoms with Crippen LogP contribution in [0.1, 0.15) is 20.8 Å². The van der Waals surface area contributed by atoms with Crippen LogP contribution in [0.15, 0.2) is 0 Å². The minimum atomic E-state index is -0.427. The van der Waals surface area contributed by atoms with Crippen molar-refractivity contribution in [3.8, 4) is 0 Å². The van der Waals surface area contributed by atoms with Gasteiger partial charge in [0.15, 0.2) is 0 Å². The standard InChI is InChI=1S/C8H15NO3S/c1-8(2,3)11-7(10)9-4-6(5-9)12-13/h6,13H,4-5H2,1-3H3. The molecule has 0 atom stereocenters. The lowest BCUT2D eigenvalue weighted by Gasteiger charge is -2.38. The lowest BCUT2D eigenvalue weighted by Crippen LogP contribution is -2.55. The fraction of sp³-hybridized carbons (Fsp3) is 0.875. The molecule has 0 aliphatic carbocycles. The maximum Gasteiger partial charge on any atom is 0.410 e. The molecule has 1 rings (SSSR count). The molecule has 0 unspecified atom stereocenters. The average molecular weight is 205 g/mol. The number of carbonyl (C=O) groups excluding carboxylic acids is 1. The fourth-order valence-electron chi connectivity index (χ4n) is 0.980. The van der Waals surface area contributed by atoms with Crippen LogP contribution < -0.4 is 0 Å². The minimum Gasteiger partial charge on any atom is -0.444 e. The third-order valence-corrected chi connectivity index (χ3v) is 1.95. The van der Waals surface area contributed by atoms with E-state index in [1.807, 2.05) is 20.8 Å². The summed E-state index contributed by atoms with van der Waals surface area (Å²) in [6, 6.07) is 0. The molecule has 0 spiro atoms. The Morgan fingerprint density at radius 2 is 2.00 bits per heavy atom. The van der Waals surface area contributed by atoms with Crippen molar-refractivity contribution in [1.82, 2.24) is 4.90 Å². The van der Waals surface area contributed by atoms with Crippen molar-refractivity contribution < 1.29 is 13.7 Å². The minimum absolute atomic E-state index is 0.0517. The molecule has 0 saturated carbocycles. The highest BCUT2D eigenvalue weighted by atomic mass is 32.1. The topological polar surface area (TPSA) is 38.8 Å². The molecule has 0 radical (unpaired) electrons. The van der Waals surface area contributed by atoms with Crippen LogP contribution >= 0.6 is 12.9 Å². The monoisotopic (exact) mass is 205 g/mol. The zero-order valence-electron chi connectivity index (χ0n) is 8.11. The smallest absolute Gasteiger partial charge is 0.410 e. The molecule has 0 bridgehead atoms. The number of hydrogen-bond acceptors (Lipinski definition) is 4. The number of carbonyl (C=O) groups is 1. The molecule has 1 fully saturated rings. The van der Waals surface area contributed by atoms with E-state index in [1.165, 1.54) is 0 Å². The Hall–Kier alpha value is -0.420. The van der Waals surface area contributed by atoms with Crippen LogP contribution in [-0.2, 0) is 8.92 Å². The lowest BCUT2D eigenvalue weighted by molar-refractivity contribution is -0.0167. The van der Waals surface area contributed by atoms with Crippen molar-refractivity contribution in [3.05, 3.63) is 0 Å². The molecule has 0 aromatic heterocycles. The summed E-state index contributed by atoms with van der Waals surface area (Å²) >= 11 is 3.66. The summed E-state index contributed by atoms with van der Waals surface area (Å²) in [5, 5.41) is 0. The van der Waals surface area contributed by atoms with E-state index in [0.29, 0.717) is 13.1 Å². The molecule has 0 aromatic carbocycles. The fourth-order valence-corrected chi connectivity index (χ4v) is 1.11. The molecule has 1 aliphatic rings. The van der Waals surface area contributed by atoms with Crippen LogP contribution in [0.3, 0.4) is 0 Å². The van der Waals surface area contributed by atoms with Crippen LogP contribution in [0.2, 0.25) is 0 Å². The predicted octanol–water partition coefficient (Wildman–Crippen LogP) is 1.47. The van der Waals surface area contributed by atoms with Crippen molar-refractivity contribution in [2.75, 3.05) is 13.1 Å². The summed E-state index contributed by atoms with van der Waals surface area (Å²) in [5.74, 6) is 0. The number of hydrogen-bond donors (Lipinski definition) is 1.